The van der Waals surface area contributed by atoms with Gasteiger partial charge in [-0.3, -0.25) is 4.40 Å². The quantitative estimate of drug-likeness (QED) is 0.401. The molecule has 0 aliphatic carbocycles. The maximum absolute atomic E-state index is 14.4. The second-order valence-electron chi connectivity index (χ2n) is 7.58. The molecule has 0 amide bonds. The SMILES string of the molecule is Cc1ccc(Cc2nc3c(Cc4c(F)cccc4F)nc(-c4ccccc4)cn3c2O)o1. The molecule has 7 heteroatoms. The van der Waals surface area contributed by atoms with Gasteiger partial charge in [0, 0.05) is 23.7 Å². The Morgan fingerprint density at radius 3 is 2.31 bits per heavy atom. The van der Waals surface area contributed by atoms with Gasteiger partial charge < -0.3 is 9.52 Å². The standard InChI is InChI=1S/C25H19F2N3O2/c1-15-10-11-17(32-15)12-22-25(31)30-14-23(16-6-3-2-4-7-16)28-21(24(30)29-22)13-18-19(26)8-5-9-20(18)27/h2-11,14,31H,12-13H2,1H3. The van der Waals surface area contributed by atoms with Crippen LogP contribution in [0.4, 0.5) is 8.78 Å². The van der Waals surface area contributed by atoms with Gasteiger partial charge in [0.15, 0.2) is 5.65 Å². The molecule has 0 fully saturated rings. The number of rotatable bonds is 5. The molecule has 5 aromatic rings. The van der Waals surface area contributed by atoms with E-state index in [0.717, 1.165) is 11.3 Å². The minimum absolute atomic E-state index is 0.0658. The van der Waals surface area contributed by atoms with Gasteiger partial charge in [-0.25, -0.2) is 18.7 Å². The third kappa shape index (κ3) is 3.62. The van der Waals surface area contributed by atoms with Crippen LogP contribution in [0.1, 0.15) is 28.5 Å². The smallest absolute Gasteiger partial charge is 0.219 e. The van der Waals surface area contributed by atoms with Gasteiger partial charge in [-0.1, -0.05) is 36.4 Å². The molecule has 5 rings (SSSR count). The van der Waals surface area contributed by atoms with Gasteiger partial charge in [-0.15, -0.1) is 0 Å². The van der Waals surface area contributed by atoms with Crippen LogP contribution in [0, 0.1) is 18.6 Å². The summed E-state index contributed by atoms with van der Waals surface area (Å²) >= 11 is 0. The third-order valence-electron chi connectivity index (χ3n) is 5.33. The van der Waals surface area contributed by atoms with Crippen molar-refractivity contribution in [2.45, 2.75) is 19.8 Å². The van der Waals surface area contributed by atoms with E-state index < -0.39 is 11.6 Å². The second-order valence-corrected chi connectivity index (χ2v) is 7.58. The van der Waals surface area contributed by atoms with Crippen molar-refractivity contribution in [1.29, 1.82) is 0 Å². The summed E-state index contributed by atoms with van der Waals surface area (Å²) in [6.45, 7) is 1.84. The Bertz CT molecular complexity index is 1400. The van der Waals surface area contributed by atoms with E-state index >= 15 is 0 Å². The predicted molar refractivity (Wildman–Crippen MR) is 116 cm³/mol. The zero-order valence-electron chi connectivity index (χ0n) is 17.2. The average Bonchev–Trinajstić information content (AvgIpc) is 3.34. The van der Waals surface area contributed by atoms with E-state index in [4.69, 9.17) is 4.42 Å². The van der Waals surface area contributed by atoms with E-state index in [1.54, 1.807) is 6.20 Å². The van der Waals surface area contributed by atoms with Crippen LogP contribution in [-0.4, -0.2) is 19.5 Å². The van der Waals surface area contributed by atoms with Crippen molar-refractivity contribution in [3.8, 4) is 17.1 Å². The summed E-state index contributed by atoms with van der Waals surface area (Å²) in [5, 5.41) is 10.9. The Morgan fingerprint density at radius 1 is 0.875 bits per heavy atom. The number of aryl methyl sites for hydroxylation is 1. The van der Waals surface area contributed by atoms with E-state index in [2.05, 4.69) is 9.97 Å². The molecule has 0 atom stereocenters. The summed E-state index contributed by atoms with van der Waals surface area (Å²) in [7, 11) is 0. The molecule has 0 saturated carbocycles. The van der Waals surface area contributed by atoms with Crippen molar-refractivity contribution >= 4 is 5.65 Å². The largest absolute Gasteiger partial charge is 0.493 e. The van der Waals surface area contributed by atoms with Crippen LogP contribution in [0.25, 0.3) is 16.9 Å². The first-order valence-electron chi connectivity index (χ1n) is 10.1. The Labute approximate surface area is 182 Å². The first-order chi connectivity index (χ1) is 15.5. The first-order valence-corrected chi connectivity index (χ1v) is 10.1. The normalized spacial score (nSPS) is 11.3. The fourth-order valence-electron chi connectivity index (χ4n) is 3.74. The van der Waals surface area contributed by atoms with Crippen molar-refractivity contribution in [3.63, 3.8) is 0 Å². The summed E-state index contributed by atoms with van der Waals surface area (Å²) in [5.41, 5.74) is 2.34. The van der Waals surface area contributed by atoms with Crippen molar-refractivity contribution in [1.82, 2.24) is 14.4 Å². The second kappa shape index (κ2) is 7.92. The molecular weight excluding hydrogens is 412 g/mol. The van der Waals surface area contributed by atoms with Crippen molar-refractivity contribution in [3.05, 3.63) is 107 Å². The van der Waals surface area contributed by atoms with E-state index in [9.17, 15) is 13.9 Å². The van der Waals surface area contributed by atoms with E-state index in [1.807, 2.05) is 49.4 Å². The van der Waals surface area contributed by atoms with Crippen LogP contribution in [-0.2, 0) is 12.8 Å². The lowest BCUT2D eigenvalue weighted by molar-refractivity contribution is 0.436. The summed E-state index contributed by atoms with van der Waals surface area (Å²) in [6, 6.07) is 16.8. The topological polar surface area (TPSA) is 63.6 Å². The number of nitrogens with zero attached hydrogens (tertiary/aromatic N) is 3. The molecule has 0 bridgehead atoms. The van der Waals surface area contributed by atoms with Gasteiger partial charge in [0.05, 0.1) is 17.8 Å². The van der Waals surface area contributed by atoms with Crippen LogP contribution in [0.3, 0.4) is 0 Å². The molecule has 2 aromatic carbocycles. The molecule has 0 aliphatic heterocycles. The highest BCUT2D eigenvalue weighted by molar-refractivity contribution is 5.63. The number of benzene rings is 2. The number of furan rings is 1. The molecule has 0 spiro atoms. The highest BCUT2D eigenvalue weighted by Crippen LogP contribution is 2.29. The summed E-state index contributed by atoms with van der Waals surface area (Å²) < 4.78 is 35.9. The molecule has 160 valence electrons. The molecule has 3 aromatic heterocycles. The molecular formula is C25H19F2N3O2. The number of hydrogen-bond acceptors (Lipinski definition) is 4. The lowest BCUT2D eigenvalue weighted by Crippen LogP contribution is -2.04. The Balaban J connectivity index is 1.68. The Kier molecular flexibility index (Phi) is 4.93. The highest BCUT2D eigenvalue weighted by atomic mass is 19.1. The van der Waals surface area contributed by atoms with Crippen molar-refractivity contribution in [2.24, 2.45) is 0 Å². The third-order valence-corrected chi connectivity index (χ3v) is 5.33. The van der Waals surface area contributed by atoms with Gasteiger partial charge in [-0.05, 0) is 31.2 Å². The summed E-state index contributed by atoms with van der Waals surface area (Å²) in [6.07, 6.45) is 1.83. The van der Waals surface area contributed by atoms with E-state index in [0.29, 0.717) is 28.5 Å². The maximum Gasteiger partial charge on any atom is 0.219 e. The minimum atomic E-state index is -0.655. The van der Waals surface area contributed by atoms with Gasteiger partial charge in [-0.2, -0.15) is 0 Å². The lowest BCUT2D eigenvalue weighted by atomic mass is 10.1. The number of hydrogen-bond donors (Lipinski definition) is 1. The minimum Gasteiger partial charge on any atom is -0.493 e. The van der Waals surface area contributed by atoms with Crippen LogP contribution in [0.2, 0.25) is 0 Å². The number of halogens is 2. The van der Waals surface area contributed by atoms with Gasteiger partial charge >= 0.3 is 0 Å². The zero-order valence-corrected chi connectivity index (χ0v) is 17.2. The molecule has 0 radical (unpaired) electrons. The average molecular weight is 431 g/mol. The fraction of sp³-hybridized carbons (Fsp3) is 0.120. The van der Waals surface area contributed by atoms with Crippen molar-refractivity contribution in [2.75, 3.05) is 0 Å². The number of fused-ring (bicyclic) bond motifs is 1. The molecule has 0 unspecified atom stereocenters. The van der Waals surface area contributed by atoms with E-state index in [-0.39, 0.29) is 24.3 Å². The zero-order chi connectivity index (χ0) is 22.2. The first kappa shape index (κ1) is 19.9. The van der Waals surface area contributed by atoms with Crippen LogP contribution >= 0.6 is 0 Å². The number of aromatic hydroxyl groups is 1. The van der Waals surface area contributed by atoms with Crippen molar-refractivity contribution < 1.29 is 18.3 Å². The van der Waals surface area contributed by atoms with Gasteiger partial charge in [0.1, 0.15) is 28.8 Å². The molecule has 3 heterocycles. The molecule has 0 aliphatic rings. The number of imidazole rings is 1. The Hall–Kier alpha value is -4.00. The van der Waals surface area contributed by atoms with Gasteiger partial charge in [0.2, 0.25) is 5.88 Å². The maximum atomic E-state index is 14.4. The number of aromatic nitrogens is 3. The van der Waals surface area contributed by atoms with Gasteiger partial charge in [0.25, 0.3) is 0 Å². The lowest BCUT2D eigenvalue weighted by Gasteiger charge is -2.09. The molecule has 5 nitrogen and oxygen atoms in total. The highest BCUT2D eigenvalue weighted by Gasteiger charge is 2.20. The monoisotopic (exact) mass is 431 g/mol. The molecule has 32 heavy (non-hydrogen) atoms. The van der Waals surface area contributed by atoms with Crippen LogP contribution < -0.4 is 0 Å². The summed E-state index contributed by atoms with van der Waals surface area (Å²) in [4.78, 5) is 9.22. The fourth-order valence-corrected chi connectivity index (χ4v) is 3.74. The summed E-state index contributed by atoms with van der Waals surface area (Å²) in [5.74, 6) is 0.0318. The Morgan fingerprint density at radius 2 is 1.62 bits per heavy atom. The predicted octanol–water partition coefficient (Wildman–Crippen LogP) is 5.46. The van der Waals surface area contributed by atoms with Crippen LogP contribution in [0.15, 0.2) is 71.3 Å². The molecule has 0 saturated heterocycles. The van der Waals surface area contributed by atoms with Crippen LogP contribution in [0.5, 0.6) is 5.88 Å². The molecule has 1 N–H and O–H groups in total. The van der Waals surface area contributed by atoms with E-state index in [1.165, 1.54) is 22.6 Å².